The van der Waals surface area contributed by atoms with Gasteiger partial charge < -0.3 is 15.3 Å². The molecule has 1 atom stereocenters. The molecular formula is C13H19N3O3S. The Morgan fingerprint density at radius 1 is 1.60 bits per heavy atom. The molecule has 110 valence electrons. The van der Waals surface area contributed by atoms with E-state index in [-0.39, 0.29) is 18.3 Å². The number of nitrogens with zero attached hydrogens (tertiary/aromatic N) is 2. The minimum Gasteiger partial charge on any atom is -0.476 e. The van der Waals surface area contributed by atoms with Crippen molar-refractivity contribution >= 4 is 23.3 Å². The number of amides is 2. The zero-order valence-corrected chi connectivity index (χ0v) is 12.3. The summed E-state index contributed by atoms with van der Waals surface area (Å²) in [6.45, 7) is 4.03. The number of carbonyl (C=O) groups excluding carboxylic acids is 1. The maximum absolute atomic E-state index is 12.0. The summed E-state index contributed by atoms with van der Waals surface area (Å²) in [6.07, 6.45) is 3.33. The van der Waals surface area contributed by atoms with Gasteiger partial charge in [0.15, 0.2) is 5.69 Å². The molecule has 2 N–H and O–H groups in total. The molecule has 20 heavy (non-hydrogen) atoms. The lowest BCUT2D eigenvalue weighted by atomic mass is 9.96. The number of carboxylic acid groups (broad SMARTS) is 1. The van der Waals surface area contributed by atoms with E-state index < -0.39 is 5.97 Å². The number of rotatable bonds is 4. The van der Waals surface area contributed by atoms with Gasteiger partial charge in [0.1, 0.15) is 5.01 Å². The molecule has 2 amide bonds. The van der Waals surface area contributed by atoms with Gasteiger partial charge in [-0.3, -0.25) is 0 Å². The Morgan fingerprint density at radius 2 is 2.40 bits per heavy atom. The van der Waals surface area contributed by atoms with Crippen molar-refractivity contribution in [2.45, 2.75) is 32.7 Å². The molecule has 2 rings (SSSR count). The summed E-state index contributed by atoms with van der Waals surface area (Å²) >= 11 is 1.25. The predicted molar refractivity (Wildman–Crippen MR) is 75.9 cm³/mol. The molecule has 1 fully saturated rings. The van der Waals surface area contributed by atoms with Gasteiger partial charge in [-0.1, -0.05) is 13.3 Å². The summed E-state index contributed by atoms with van der Waals surface area (Å²) in [5.74, 6) is -0.450. The molecule has 1 unspecified atom stereocenters. The van der Waals surface area contributed by atoms with E-state index in [9.17, 15) is 9.59 Å². The Morgan fingerprint density at radius 3 is 3.05 bits per heavy atom. The average Bonchev–Trinajstić information content (AvgIpc) is 2.94. The van der Waals surface area contributed by atoms with Gasteiger partial charge in [-0.25, -0.2) is 14.6 Å². The van der Waals surface area contributed by atoms with E-state index in [0.717, 1.165) is 25.9 Å². The van der Waals surface area contributed by atoms with Crippen molar-refractivity contribution < 1.29 is 14.7 Å². The fraction of sp³-hybridized carbons (Fsp3) is 0.615. The van der Waals surface area contributed by atoms with Crippen LogP contribution >= 0.6 is 11.3 Å². The molecular weight excluding hydrogens is 278 g/mol. The fourth-order valence-corrected chi connectivity index (χ4v) is 3.04. The normalized spacial score (nSPS) is 18.9. The fourth-order valence-electron chi connectivity index (χ4n) is 2.34. The highest BCUT2D eigenvalue weighted by atomic mass is 32.1. The van der Waals surface area contributed by atoms with Crippen LogP contribution in [0.4, 0.5) is 4.79 Å². The minimum atomic E-state index is -1.04. The molecule has 0 radical (unpaired) electrons. The minimum absolute atomic E-state index is 0.0308. The zero-order valence-electron chi connectivity index (χ0n) is 11.5. The lowest BCUT2D eigenvalue weighted by Gasteiger charge is -2.32. The van der Waals surface area contributed by atoms with E-state index in [1.807, 2.05) is 4.90 Å². The van der Waals surface area contributed by atoms with E-state index in [2.05, 4.69) is 17.2 Å². The van der Waals surface area contributed by atoms with E-state index >= 15 is 0 Å². The standard InChI is InChI=1S/C13H19N3O3S/c1-2-9-4-3-5-16(7-9)13(19)14-6-11-15-10(8-20-11)12(17)18/h8-9H,2-7H2,1H3,(H,14,19)(H,17,18). The Kier molecular flexibility index (Phi) is 4.94. The summed E-state index contributed by atoms with van der Waals surface area (Å²) in [5, 5.41) is 13.7. The number of aromatic carboxylic acids is 1. The number of piperidine rings is 1. The Bertz CT molecular complexity index is 489. The van der Waals surface area contributed by atoms with Gasteiger partial charge >= 0.3 is 12.0 Å². The van der Waals surface area contributed by atoms with Gasteiger partial charge in [-0.05, 0) is 18.8 Å². The number of hydrogen-bond acceptors (Lipinski definition) is 4. The molecule has 0 aromatic carbocycles. The SMILES string of the molecule is CCC1CCCN(C(=O)NCc2nc(C(=O)O)cs2)C1. The highest BCUT2D eigenvalue weighted by Gasteiger charge is 2.22. The quantitative estimate of drug-likeness (QED) is 0.892. The summed E-state index contributed by atoms with van der Waals surface area (Å²) < 4.78 is 0. The molecule has 0 spiro atoms. The molecule has 0 bridgehead atoms. The summed E-state index contributed by atoms with van der Waals surface area (Å²) in [5.41, 5.74) is 0.0308. The third-order valence-electron chi connectivity index (χ3n) is 3.55. The lowest BCUT2D eigenvalue weighted by Crippen LogP contribution is -2.45. The van der Waals surface area contributed by atoms with Gasteiger partial charge in [-0.2, -0.15) is 0 Å². The second-order valence-electron chi connectivity index (χ2n) is 4.95. The van der Waals surface area contributed by atoms with Crippen LogP contribution in [0.25, 0.3) is 0 Å². The van der Waals surface area contributed by atoms with Crippen molar-refractivity contribution in [2.75, 3.05) is 13.1 Å². The number of thiazole rings is 1. The van der Waals surface area contributed by atoms with Gasteiger partial charge in [0.2, 0.25) is 0 Å². The second-order valence-corrected chi connectivity index (χ2v) is 5.90. The summed E-state index contributed by atoms with van der Waals surface area (Å²) in [7, 11) is 0. The summed E-state index contributed by atoms with van der Waals surface area (Å²) in [4.78, 5) is 28.5. The smallest absolute Gasteiger partial charge is 0.355 e. The molecule has 1 aromatic rings. The first-order chi connectivity index (χ1) is 9.60. The number of likely N-dealkylation sites (tertiary alicyclic amines) is 1. The van der Waals surface area contributed by atoms with Crippen molar-refractivity contribution in [3.05, 3.63) is 16.1 Å². The highest BCUT2D eigenvalue weighted by Crippen LogP contribution is 2.19. The Labute approximate surface area is 121 Å². The van der Waals surface area contributed by atoms with E-state index in [4.69, 9.17) is 5.11 Å². The van der Waals surface area contributed by atoms with Crippen molar-refractivity contribution in [1.29, 1.82) is 0 Å². The monoisotopic (exact) mass is 297 g/mol. The van der Waals surface area contributed by atoms with Gasteiger partial charge in [0.05, 0.1) is 6.54 Å². The van der Waals surface area contributed by atoms with E-state index in [1.54, 1.807) is 0 Å². The molecule has 0 saturated carbocycles. The summed E-state index contributed by atoms with van der Waals surface area (Å²) in [6, 6.07) is -0.0878. The van der Waals surface area contributed by atoms with Crippen LogP contribution in [0.5, 0.6) is 0 Å². The van der Waals surface area contributed by atoms with Crippen LogP contribution < -0.4 is 5.32 Å². The van der Waals surface area contributed by atoms with E-state index in [0.29, 0.717) is 10.9 Å². The molecule has 1 aliphatic rings. The number of urea groups is 1. The third-order valence-corrected chi connectivity index (χ3v) is 4.39. The molecule has 2 heterocycles. The molecule has 0 aliphatic carbocycles. The van der Waals surface area contributed by atoms with Crippen LogP contribution in [0.15, 0.2) is 5.38 Å². The van der Waals surface area contributed by atoms with E-state index in [1.165, 1.54) is 23.1 Å². The van der Waals surface area contributed by atoms with Gasteiger partial charge in [0.25, 0.3) is 0 Å². The maximum atomic E-state index is 12.0. The first-order valence-electron chi connectivity index (χ1n) is 6.80. The van der Waals surface area contributed by atoms with Crippen LogP contribution in [-0.2, 0) is 6.54 Å². The van der Waals surface area contributed by atoms with Gasteiger partial charge in [-0.15, -0.1) is 11.3 Å². The molecule has 1 saturated heterocycles. The first kappa shape index (κ1) is 14.8. The van der Waals surface area contributed by atoms with Gasteiger partial charge in [0, 0.05) is 18.5 Å². The Hall–Kier alpha value is -1.63. The van der Waals surface area contributed by atoms with Crippen LogP contribution in [0.1, 0.15) is 41.7 Å². The zero-order chi connectivity index (χ0) is 14.5. The maximum Gasteiger partial charge on any atom is 0.355 e. The molecule has 7 heteroatoms. The van der Waals surface area contributed by atoms with Crippen molar-refractivity contribution in [3.63, 3.8) is 0 Å². The number of carboxylic acids is 1. The van der Waals surface area contributed by atoms with Crippen molar-refractivity contribution in [2.24, 2.45) is 5.92 Å². The highest BCUT2D eigenvalue weighted by molar-refractivity contribution is 7.09. The number of hydrogen-bond donors (Lipinski definition) is 2. The molecule has 6 nitrogen and oxygen atoms in total. The number of aromatic nitrogens is 1. The molecule has 1 aromatic heterocycles. The van der Waals surface area contributed by atoms with Crippen LogP contribution in [0, 0.1) is 5.92 Å². The lowest BCUT2D eigenvalue weighted by molar-refractivity contribution is 0.0691. The Balaban J connectivity index is 1.83. The first-order valence-corrected chi connectivity index (χ1v) is 7.68. The van der Waals surface area contributed by atoms with Crippen molar-refractivity contribution in [3.8, 4) is 0 Å². The molecule has 1 aliphatic heterocycles. The third kappa shape index (κ3) is 3.69. The largest absolute Gasteiger partial charge is 0.476 e. The predicted octanol–water partition coefficient (Wildman–Crippen LogP) is 2.17. The average molecular weight is 297 g/mol. The van der Waals surface area contributed by atoms with Crippen molar-refractivity contribution in [1.82, 2.24) is 15.2 Å². The van der Waals surface area contributed by atoms with Crippen LogP contribution in [0.2, 0.25) is 0 Å². The topological polar surface area (TPSA) is 82.5 Å². The number of carbonyl (C=O) groups is 2. The second kappa shape index (κ2) is 6.69. The van der Waals surface area contributed by atoms with Crippen LogP contribution in [0.3, 0.4) is 0 Å². The van der Waals surface area contributed by atoms with Crippen LogP contribution in [-0.4, -0.2) is 40.1 Å². The number of nitrogens with one attached hydrogen (secondary N) is 1.